The zero-order valence-corrected chi connectivity index (χ0v) is 19.9. The number of amides is 4. The van der Waals surface area contributed by atoms with Crippen LogP contribution in [-0.4, -0.2) is 52.6 Å². The average molecular weight is 527 g/mol. The smallest absolute Gasteiger partial charge is 0.337 e. The van der Waals surface area contributed by atoms with Gasteiger partial charge in [0.2, 0.25) is 11.8 Å². The van der Waals surface area contributed by atoms with Gasteiger partial charge in [-0.05, 0) is 59.9 Å². The number of nitrogens with zero attached hydrogens (tertiary/aromatic N) is 2. The standard InChI is InChI=1S/C27H21F4N3O4/c28-20-8-14(2-4-19(20)27(29,30)31)17-9-26(10-17)12-33(13-26)24(37)15-1-3-18-16(7-15)11-34(25(18)38)21-5-6-22(35)32-23(21)36/h1-4,7-9,21H,5-6,10-13H2,(H,32,35,36). The Bertz CT molecular complexity index is 1460. The second kappa shape index (κ2) is 8.24. The summed E-state index contributed by atoms with van der Waals surface area (Å²) in [5.41, 5.74) is 1.03. The lowest BCUT2D eigenvalue weighted by Crippen LogP contribution is -2.60. The van der Waals surface area contributed by atoms with Crippen LogP contribution in [-0.2, 0) is 22.3 Å². The van der Waals surface area contributed by atoms with Crippen LogP contribution in [0.1, 0.15) is 56.7 Å². The van der Waals surface area contributed by atoms with E-state index in [-0.39, 0.29) is 42.5 Å². The number of rotatable bonds is 3. The molecule has 3 aliphatic heterocycles. The normalized spacial score (nSPS) is 22.1. The summed E-state index contributed by atoms with van der Waals surface area (Å²) in [5.74, 6) is -2.71. The largest absolute Gasteiger partial charge is 0.419 e. The number of hydrogen-bond acceptors (Lipinski definition) is 4. The highest BCUT2D eigenvalue weighted by atomic mass is 19.4. The minimum atomic E-state index is -4.75. The number of hydrogen-bond donors (Lipinski definition) is 1. The van der Waals surface area contributed by atoms with Crippen LogP contribution >= 0.6 is 0 Å². The predicted molar refractivity (Wildman–Crippen MR) is 125 cm³/mol. The van der Waals surface area contributed by atoms with Gasteiger partial charge in [-0.25, -0.2) is 4.39 Å². The maximum absolute atomic E-state index is 13.9. The number of alkyl halides is 3. The fourth-order valence-electron chi connectivity index (χ4n) is 5.80. The molecule has 11 heteroatoms. The Balaban J connectivity index is 1.11. The number of imide groups is 1. The molecule has 1 atom stereocenters. The summed E-state index contributed by atoms with van der Waals surface area (Å²) in [5, 5.41) is 2.26. The summed E-state index contributed by atoms with van der Waals surface area (Å²) in [6.07, 6.45) is -1.93. The first-order valence-corrected chi connectivity index (χ1v) is 12.1. The monoisotopic (exact) mass is 527 g/mol. The molecule has 3 heterocycles. The van der Waals surface area contributed by atoms with Crippen molar-refractivity contribution in [3.63, 3.8) is 0 Å². The molecule has 2 saturated heterocycles. The second-order valence-electron chi connectivity index (χ2n) is 10.3. The highest BCUT2D eigenvalue weighted by molar-refractivity contribution is 6.06. The molecule has 1 aliphatic carbocycles. The lowest BCUT2D eigenvalue weighted by molar-refractivity contribution is -0.140. The van der Waals surface area contributed by atoms with E-state index in [1.54, 1.807) is 23.1 Å². The summed E-state index contributed by atoms with van der Waals surface area (Å²) >= 11 is 0. The molecule has 6 rings (SSSR count). The summed E-state index contributed by atoms with van der Waals surface area (Å²) in [4.78, 5) is 52.7. The molecule has 7 nitrogen and oxygen atoms in total. The van der Waals surface area contributed by atoms with Gasteiger partial charge in [0, 0.05) is 42.6 Å². The van der Waals surface area contributed by atoms with Gasteiger partial charge in [-0.1, -0.05) is 12.1 Å². The molecule has 4 aliphatic rings. The zero-order valence-electron chi connectivity index (χ0n) is 19.9. The fourth-order valence-corrected chi connectivity index (χ4v) is 5.80. The van der Waals surface area contributed by atoms with E-state index in [9.17, 15) is 36.7 Å². The van der Waals surface area contributed by atoms with Crippen LogP contribution in [0.25, 0.3) is 5.57 Å². The molecule has 2 aromatic carbocycles. The molecule has 0 aromatic heterocycles. The van der Waals surface area contributed by atoms with E-state index in [0.29, 0.717) is 41.8 Å². The first-order chi connectivity index (χ1) is 17.9. The van der Waals surface area contributed by atoms with Crippen molar-refractivity contribution in [2.75, 3.05) is 13.1 Å². The third-order valence-corrected chi connectivity index (χ3v) is 7.74. The minimum Gasteiger partial charge on any atom is -0.337 e. The molecule has 38 heavy (non-hydrogen) atoms. The van der Waals surface area contributed by atoms with Gasteiger partial charge in [-0.3, -0.25) is 24.5 Å². The van der Waals surface area contributed by atoms with Crippen molar-refractivity contribution in [3.8, 4) is 0 Å². The van der Waals surface area contributed by atoms with Crippen molar-refractivity contribution in [1.82, 2.24) is 15.1 Å². The van der Waals surface area contributed by atoms with E-state index in [1.165, 1.54) is 11.0 Å². The van der Waals surface area contributed by atoms with Crippen molar-refractivity contribution in [2.45, 2.75) is 38.0 Å². The van der Waals surface area contributed by atoms with Crippen LogP contribution in [0.2, 0.25) is 0 Å². The Morgan fingerprint density at radius 1 is 1.05 bits per heavy atom. The topological polar surface area (TPSA) is 86.8 Å². The first-order valence-electron chi connectivity index (χ1n) is 12.1. The molecular weight excluding hydrogens is 506 g/mol. The highest BCUT2D eigenvalue weighted by Gasteiger charge is 2.49. The van der Waals surface area contributed by atoms with E-state index >= 15 is 0 Å². The maximum atomic E-state index is 13.9. The number of carbonyl (C=O) groups excluding carboxylic acids is 4. The molecule has 0 bridgehead atoms. The Morgan fingerprint density at radius 2 is 1.79 bits per heavy atom. The van der Waals surface area contributed by atoms with Crippen LogP contribution in [0.3, 0.4) is 0 Å². The van der Waals surface area contributed by atoms with Crippen LogP contribution < -0.4 is 5.32 Å². The van der Waals surface area contributed by atoms with Crippen LogP contribution in [0.5, 0.6) is 0 Å². The SMILES string of the molecule is O=C1CCC(N2Cc3cc(C(=O)N4CC5(C=C(c6ccc(C(F)(F)F)c(F)c6)C5)C4)ccc3C2=O)C(=O)N1. The summed E-state index contributed by atoms with van der Waals surface area (Å²) in [6.45, 7) is 1.02. The van der Waals surface area contributed by atoms with E-state index < -0.39 is 29.5 Å². The number of piperidine rings is 1. The van der Waals surface area contributed by atoms with Crippen LogP contribution in [0, 0.1) is 11.2 Å². The zero-order chi connectivity index (χ0) is 27.0. The average Bonchev–Trinajstić information content (AvgIpc) is 3.12. The summed E-state index contributed by atoms with van der Waals surface area (Å²) < 4.78 is 52.4. The van der Waals surface area contributed by atoms with E-state index in [0.717, 1.165) is 17.7 Å². The molecule has 1 N–H and O–H groups in total. The predicted octanol–water partition coefficient (Wildman–Crippen LogP) is 3.54. The Labute approximate surface area is 214 Å². The molecule has 1 unspecified atom stereocenters. The van der Waals surface area contributed by atoms with Crippen molar-refractivity contribution < 1.29 is 36.7 Å². The molecule has 0 saturated carbocycles. The Morgan fingerprint density at radius 3 is 2.45 bits per heavy atom. The molecule has 2 aromatic rings. The van der Waals surface area contributed by atoms with Crippen molar-refractivity contribution in [1.29, 1.82) is 0 Å². The number of allylic oxidation sites excluding steroid dienone is 1. The fraction of sp³-hybridized carbons (Fsp3) is 0.333. The number of nitrogens with one attached hydrogen (secondary N) is 1. The molecule has 4 amide bonds. The van der Waals surface area contributed by atoms with Crippen molar-refractivity contribution in [2.24, 2.45) is 5.41 Å². The second-order valence-corrected chi connectivity index (χ2v) is 10.3. The summed E-state index contributed by atoms with van der Waals surface area (Å²) in [7, 11) is 0. The summed E-state index contributed by atoms with van der Waals surface area (Å²) in [6, 6.07) is 6.97. The van der Waals surface area contributed by atoms with Gasteiger partial charge < -0.3 is 9.80 Å². The van der Waals surface area contributed by atoms with E-state index in [1.807, 2.05) is 6.08 Å². The molecule has 196 valence electrons. The number of benzene rings is 2. The van der Waals surface area contributed by atoms with Crippen LogP contribution in [0.4, 0.5) is 17.6 Å². The van der Waals surface area contributed by atoms with Gasteiger partial charge in [-0.2, -0.15) is 13.2 Å². The van der Waals surface area contributed by atoms with Gasteiger partial charge >= 0.3 is 6.18 Å². The van der Waals surface area contributed by atoms with Gasteiger partial charge in [0.1, 0.15) is 11.9 Å². The van der Waals surface area contributed by atoms with Gasteiger partial charge in [0.05, 0.1) is 5.56 Å². The van der Waals surface area contributed by atoms with E-state index in [2.05, 4.69) is 5.32 Å². The van der Waals surface area contributed by atoms with E-state index in [4.69, 9.17) is 0 Å². The quantitative estimate of drug-likeness (QED) is 0.489. The number of halogens is 4. The first kappa shape index (κ1) is 24.3. The van der Waals surface area contributed by atoms with Gasteiger partial charge in [0.25, 0.3) is 11.8 Å². The highest BCUT2D eigenvalue weighted by Crippen LogP contribution is 2.50. The third kappa shape index (κ3) is 3.88. The number of fused-ring (bicyclic) bond motifs is 1. The Kier molecular flexibility index (Phi) is 5.27. The molecular formula is C27H21F4N3O4. The van der Waals surface area contributed by atoms with Crippen LogP contribution in [0.15, 0.2) is 42.5 Å². The molecule has 2 fully saturated rings. The molecule has 0 radical (unpaired) electrons. The lowest BCUT2D eigenvalue weighted by atomic mass is 9.64. The Hall–Kier alpha value is -4.02. The minimum absolute atomic E-state index is 0.154. The van der Waals surface area contributed by atoms with Crippen molar-refractivity contribution in [3.05, 3.63) is 76.1 Å². The van der Waals surface area contributed by atoms with Gasteiger partial charge in [0.15, 0.2) is 0 Å². The number of likely N-dealkylation sites (tertiary alicyclic amines) is 1. The van der Waals surface area contributed by atoms with Crippen molar-refractivity contribution >= 4 is 29.2 Å². The van der Waals surface area contributed by atoms with Gasteiger partial charge in [-0.15, -0.1) is 0 Å². The number of carbonyl (C=O) groups is 4. The molecule has 1 spiro atoms. The third-order valence-electron chi connectivity index (χ3n) is 7.74. The lowest BCUT2D eigenvalue weighted by Gasteiger charge is -2.54. The maximum Gasteiger partial charge on any atom is 0.419 e.